The molecule has 2 N–H and O–H groups in total. The highest BCUT2D eigenvalue weighted by molar-refractivity contribution is 5.79. The fourth-order valence-corrected chi connectivity index (χ4v) is 4.70. The number of fused-ring (bicyclic) bond motifs is 1. The Morgan fingerprint density at radius 3 is 2.53 bits per heavy atom. The maximum atomic E-state index is 12.2. The maximum absolute atomic E-state index is 12.2. The summed E-state index contributed by atoms with van der Waals surface area (Å²) in [6.45, 7) is 8.90. The fraction of sp³-hybridized carbons (Fsp3) is 0.636. The summed E-state index contributed by atoms with van der Waals surface area (Å²) in [6, 6.07) is 5.93. The van der Waals surface area contributed by atoms with Crippen molar-refractivity contribution in [1.29, 1.82) is 0 Å². The molecule has 2 aliphatic rings. The predicted octanol–water partition coefficient (Wildman–Crippen LogP) is 2.03. The van der Waals surface area contributed by atoms with Crippen LogP contribution in [0.4, 0.5) is 4.79 Å². The minimum atomic E-state index is -0.726. The van der Waals surface area contributed by atoms with Crippen molar-refractivity contribution in [3.05, 3.63) is 34.2 Å². The first-order chi connectivity index (χ1) is 14.0. The number of aromatic amines is 1. The van der Waals surface area contributed by atoms with Gasteiger partial charge in [0.05, 0.1) is 16.6 Å². The summed E-state index contributed by atoms with van der Waals surface area (Å²) in [7, 11) is 1.78. The summed E-state index contributed by atoms with van der Waals surface area (Å²) in [4.78, 5) is 31.0. The molecule has 0 bridgehead atoms. The Hall–Kier alpha value is -2.32. The molecule has 0 unspecified atom stereocenters. The highest BCUT2D eigenvalue weighted by Crippen LogP contribution is 2.46. The van der Waals surface area contributed by atoms with Gasteiger partial charge in [-0.05, 0) is 51.2 Å². The van der Waals surface area contributed by atoms with E-state index >= 15 is 0 Å². The summed E-state index contributed by atoms with van der Waals surface area (Å²) in [5.41, 5.74) is 1.56. The van der Waals surface area contributed by atoms with Crippen molar-refractivity contribution in [3.8, 4) is 0 Å². The van der Waals surface area contributed by atoms with Crippen LogP contribution in [-0.4, -0.2) is 74.5 Å². The van der Waals surface area contributed by atoms with Gasteiger partial charge in [0, 0.05) is 39.8 Å². The Bertz CT molecular complexity index is 989. The van der Waals surface area contributed by atoms with Crippen LogP contribution in [0, 0.1) is 0 Å². The van der Waals surface area contributed by atoms with Crippen molar-refractivity contribution in [2.45, 2.75) is 50.7 Å². The van der Waals surface area contributed by atoms with Gasteiger partial charge in [-0.15, -0.1) is 0 Å². The van der Waals surface area contributed by atoms with Gasteiger partial charge in [-0.3, -0.25) is 9.47 Å². The van der Waals surface area contributed by atoms with E-state index in [0.29, 0.717) is 32.5 Å². The average Bonchev–Trinajstić information content (AvgIpc) is 2.93. The lowest BCUT2D eigenvalue weighted by Crippen LogP contribution is -2.56. The minimum absolute atomic E-state index is 0.116. The molecule has 0 atom stereocenters. The Balaban J connectivity index is 1.33. The molecule has 1 aromatic carbocycles. The molecule has 8 heteroatoms. The topological polar surface area (TPSA) is 90.8 Å². The van der Waals surface area contributed by atoms with Crippen LogP contribution >= 0.6 is 0 Å². The molecule has 1 aliphatic heterocycles. The molecule has 1 saturated heterocycles. The van der Waals surface area contributed by atoms with Crippen molar-refractivity contribution < 1.29 is 14.6 Å². The van der Waals surface area contributed by atoms with Crippen molar-refractivity contribution in [2.75, 3.05) is 32.7 Å². The number of aryl methyl sites for hydroxylation is 1. The number of amides is 1. The molecule has 1 amide bonds. The second-order valence-corrected chi connectivity index (χ2v) is 9.81. The number of carbonyl (C=O) groups excluding carboxylic acids is 1. The van der Waals surface area contributed by atoms with Gasteiger partial charge in [-0.2, -0.15) is 0 Å². The predicted molar refractivity (Wildman–Crippen MR) is 115 cm³/mol. The normalized spacial score (nSPS) is 25.4. The molecular weight excluding hydrogens is 384 g/mol. The minimum Gasteiger partial charge on any atom is -0.444 e. The van der Waals surface area contributed by atoms with Gasteiger partial charge in [-0.25, -0.2) is 9.59 Å². The van der Waals surface area contributed by atoms with Crippen LogP contribution in [0.2, 0.25) is 0 Å². The Morgan fingerprint density at radius 1 is 1.23 bits per heavy atom. The van der Waals surface area contributed by atoms with E-state index in [9.17, 15) is 14.7 Å². The summed E-state index contributed by atoms with van der Waals surface area (Å²) in [6.07, 6.45) is 1.09. The van der Waals surface area contributed by atoms with E-state index < -0.39 is 11.2 Å². The molecule has 1 aliphatic carbocycles. The highest BCUT2D eigenvalue weighted by atomic mass is 16.6. The van der Waals surface area contributed by atoms with Gasteiger partial charge in [0.25, 0.3) is 0 Å². The van der Waals surface area contributed by atoms with Crippen LogP contribution < -0.4 is 5.69 Å². The van der Waals surface area contributed by atoms with Gasteiger partial charge in [-0.1, -0.05) is 12.1 Å². The number of rotatable bonds is 3. The standard InChI is InChI=1S/C22H32N4O4/c1-21(2,3)30-20(28)26-10-8-25(9-11-26)14-22(29)12-15(13-22)16-6-5-7-17-18(16)24(4)19(27)23-17/h5-7,15,29H,8-14H2,1-4H3,(H,23,27). The van der Waals surface area contributed by atoms with Gasteiger partial charge in [0.1, 0.15) is 5.60 Å². The molecule has 164 valence electrons. The second-order valence-electron chi connectivity index (χ2n) is 9.81. The van der Waals surface area contributed by atoms with Crippen molar-refractivity contribution in [2.24, 2.45) is 7.05 Å². The van der Waals surface area contributed by atoms with Crippen LogP contribution in [0.5, 0.6) is 0 Å². The molecular formula is C22H32N4O4. The number of nitrogens with one attached hydrogen (secondary N) is 1. The number of benzene rings is 1. The van der Waals surface area contributed by atoms with Crippen LogP contribution in [0.25, 0.3) is 11.0 Å². The Kier molecular flexibility index (Phi) is 5.18. The lowest BCUT2D eigenvalue weighted by atomic mass is 9.67. The van der Waals surface area contributed by atoms with Crippen molar-refractivity contribution in [3.63, 3.8) is 0 Å². The molecule has 0 radical (unpaired) electrons. The zero-order valence-electron chi connectivity index (χ0n) is 18.3. The number of imidazole rings is 1. The first kappa shape index (κ1) is 20.9. The summed E-state index contributed by atoms with van der Waals surface area (Å²) in [5, 5.41) is 11.0. The van der Waals surface area contributed by atoms with Crippen LogP contribution in [0.15, 0.2) is 23.0 Å². The number of aromatic nitrogens is 2. The number of ether oxygens (including phenoxy) is 1. The fourth-order valence-electron chi connectivity index (χ4n) is 4.70. The van der Waals surface area contributed by atoms with Crippen molar-refractivity contribution in [1.82, 2.24) is 19.4 Å². The summed E-state index contributed by atoms with van der Waals surface area (Å²) < 4.78 is 7.10. The molecule has 2 fully saturated rings. The van der Waals surface area contributed by atoms with E-state index in [1.165, 1.54) is 0 Å². The molecule has 4 rings (SSSR count). The van der Waals surface area contributed by atoms with E-state index in [2.05, 4.69) is 16.0 Å². The molecule has 2 heterocycles. The third-order valence-electron chi connectivity index (χ3n) is 6.18. The number of aliphatic hydroxyl groups is 1. The van der Waals surface area contributed by atoms with Gasteiger partial charge < -0.3 is 19.7 Å². The number of hydrogen-bond acceptors (Lipinski definition) is 5. The van der Waals surface area contributed by atoms with Crippen LogP contribution in [0.3, 0.4) is 0 Å². The van der Waals surface area contributed by atoms with E-state index in [-0.39, 0.29) is 17.7 Å². The SMILES string of the molecule is Cn1c(=O)[nH]c2cccc(C3CC(O)(CN4CCN(C(=O)OC(C)(C)C)CC4)C3)c21. The molecule has 30 heavy (non-hydrogen) atoms. The third-order valence-corrected chi connectivity index (χ3v) is 6.18. The van der Waals surface area contributed by atoms with Crippen LogP contribution in [0.1, 0.15) is 45.1 Å². The van der Waals surface area contributed by atoms with E-state index in [4.69, 9.17) is 4.74 Å². The molecule has 0 spiro atoms. The zero-order valence-corrected chi connectivity index (χ0v) is 18.3. The summed E-state index contributed by atoms with van der Waals surface area (Å²) >= 11 is 0. The maximum Gasteiger partial charge on any atom is 0.410 e. The Labute approximate surface area is 176 Å². The smallest absolute Gasteiger partial charge is 0.410 e. The number of piperazine rings is 1. The first-order valence-electron chi connectivity index (χ1n) is 10.6. The van der Waals surface area contributed by atoms with Gasteiger partial charge in [0.2, 0.25) is 0 Å². The molecule has 2 aromatic rings. The highest BCUT2D eigenvalue weighted by Gasteiger charge is 2.45. The van der Waals surface area contributed by atoms with E-state index in [1.54, 1.807) is 16.5 Å². The Morgan fingerprint density at radius 2 is 1.90 bits per heavy atom. The van der Waals surface area contributed by atoms with Crippen LogP contribution in [-0.2, 0) is 11.8 Å². The number of hydrogen-bond donors (Lipinski definition) is 2. The summed E-state index contributed by atoms with van der Waals surface area (Å²) in [5.74, 6) is 0.239. The first-order valence-corrected chi connectivity index (χ1v) is 10.6. The lowest BCUT2D eigenvalue weighted by Gasteiger charge is -2.48. The van der Waals surface area contributed by atoms with E-state index in [0.717, 1.165) is 29.7 Å². The zero-order chi connectivity index (χ0) is 21.7. The number of para-hydroxylation sites is 1. The molecule has 1 aromatic heterocycles. The lowest BCUT2D eigenvalue weighted by molar-refractivity contribution is -0.0780. The molecule has 8 nitrogen and oxygen atoms in total. The average molecular weight is 417 g/mol. The van der Waals surface area contributed by atoms with E-state index in [1.807, 2.05) is 32.9 Å². The number of carbonyl (C=O) groups is 1. The monoisotopic (exact) mass is 416 g/mol. The third kappa shape index (κ3) is 4.11. The number of H-pyrrole nitrogens is 1. The quantitative estimate of drug-likeness (QED) is 0.799. The second kappa shape index (κ2) is 7.42. The number of nitrogens with zero attached hydrogens (tertiary/aromatic N) is 3. The van der Waals surface area contributed by atoms with Gasteiger partial charge in [0.15, 0.2) is 0 Å². The largest absolute Gasteiger partial charge is 0.444 e. The molecule has 1 saturated carbocycles. The van der Waals surface area contributed by atoms with Gasteiger partial charge >= 0.3 is 11.8 Å². The number of β-amino-alcohol motifs (C(OH)–C–C–N with tert-alkyl or cyclic N) is 1. The van der Waals surface area contributed by atoms with Crippen molar-refractivity contribution >= 4 is 17.1 Å².